The Morgan fingerprint density at radius 3 is 2.69 bits per heavy atom. The van der Waals surface area contributed by atoms with Gasteiger partial charge in [-0.1, -0.05) is 23.7 Å². The minimum Gasteiger partial charge on any atom is -0.365 e. The maximum atomic E-state index is 13.5. The third-order valence-corrected chi connectivity index (χ3v) is 6.09. The number of aromatic nitrogens is 4. The number of pyridine rings is 1. The molecule has 1 N–H and O–H groups in total. The van der Waals surface area contributed by atoms with E-state index in [1.54, 1.807) is 18.6 Å². The zero-order valence-corrected chi connectivity index (χ0v) is 16.5. The van der Waals surface area contributed by atoms with Gasteiger partial charge in [-0.05, 0) is 49.4 Å². The maximum absolute atomic E-state index is 13.5. The molecule has 1 amide bonds. The summed E-state index contributed by atoms with van der Waals surface area (Å²) >= 11 is 5.95. The fourth-order valence-corrected chi connectivity index (χ4v) is 4.67. The molecule has 29 heavy (non-hydrogen) atoms. The molecule has 2 aromatic heterocycles. The lowest BCUT2D eigenvalue weighted by Gasteiger charge is -2.50. The highest BCUT2D eigenvalue weighted by Crippen LogP contribution is 2.37. The zero-order chi connectivity index (χ0) is 19.8. The van der Waals surface area contributed by atoms with Gasteiger partial charge in [-0.3, -0.25) is 4.79 Å². The molecule has 3 unspecified atom stereocenters. The Kier molecular flexibility index (Phi) is 4.67. The van der Waals surface area contributed by atoms with Gasteiger partial charge < -0.3 is 10.2 Å². The number of carbonyl (C=O) groups excluding carboxylic acids is 1. The van der Waals surface area contributed by atoms with E-state index in [0.29, 0.717) is 22.2 Å². The number of halogens is 1. The predicted octanol–water partition coefficient (Wildman–Crippen LogP) is 3.42. The molecule has 0 radical (unpaired) electrons. The number of nitrogens with zero attached hydrogens (tertiary/aromatic N) is 5. The van der Waals surface area contributed by atoms with Gasteiger partial charge in [-0.15, -0.1) is 0 Å². The molecule has 2 aliphatic heterocycles. The molecule has 0 spiro atoms. The summed E-state index contributed by atoms with van der Waals surface area (Å²) in [6.45, 7) is 0.788. The molecule has 148 valence electrons. The SMILES string of the molecule is O=C(c1ccccc1-n1nccn1)N1CC2CCC1C(Nc1ccc(Cl)cn1)C2. The summed E-state index contributed by atoms with van der Waals surface area (Å²) in [5.74, 6) is 1.31. The van der Waals surface area contributed by atoms with Crippen LogP contribution in [0.1, 0.15) is 29.6 Å². The largest absolute Gasteiger partial charge is 0.365 e. The van der Waals surface area contributed by atoms with E-state index >= 15 is 0 Å². The average molecular weight is 409 g/mol. The third-order valence-electron chi connectivity index (χ3n) is 5.87. The Morgan fingerprint density at radius 1 is 1.10 bits per heavy atom. The summed E-state index contributed by atoms with van der Waals surface area (Å²) in [6, 6.07) is 11.5. The van der Waals surface area contributed by atoms with Crippen LogP contribution in [0, 0.1) is 5.92 Å². The molecule has 3 fully saturated rings. The van der Waals surface area contributed by atoms with E-state index in [9.17, 15) is 4.79 Å². The molecule has 2 bridgehead atoms. The summed E-state index contributed by atoms with van der Waals surface area (Å²) in [7, 11) is 0. The van der Waals surface area contributed by atoms with Crippen molar-refractivity contribution in [3.63, 3.8) is 0 Å². The Morgan fingerprint density at radius 2 is 1.93 bits per heavy atom. The number of hydrogen-bond acceptors (Lipinski definition) is 5. The highest BCUT2D eigenvalue weighted by atomic mass is 35.5. The highest BCUT2D eigenvalue weighted by Gasteiger charge is 2.43. The second kappa shape index (κ2) is 7.48. The van der Waals surface area contributed by atoms with Crippen LogP contribution in [0.5, 0.6) is 0 Å². The van der Waals surface area contributed by atoms with Crippen molar-refractivity contribution in [3.8, 4) is 5.69 Å². The predicted molar refractivity (Wildman–Crippen MR) is 110 cm³/mol. The van der Waals surface area contributed by atoms with Gasteiger partial charge in [0.15, 0.2) is 0 Å². The van der Waals surface area contributed by atoms with Gasteiger partial charge in [0.1, 0.15) is 5.82 Å². The normalized spacial score (nSPS) is 23.2. The molecular weight excluding hydrogens is 388 g/mol. The third kappa shape index (κ3) is 3.46. The Bertz CT molecular complexity index is 1010. The molecule has 1 aliphatic carbocycles. The van der Waals surface area contributed by atoms with E-state index in [1.165, 1.54) is 4.80 Å². The smallest absolute Gasteiger partial charge is 0.256 e. The van der Waals surface area contributed by atoms with Crippen molar-refractivity contribution in [1.82, 2.24) is 24.9 Å². The van der Waals surface area contributed by atoms with Crippen LogP contribution in [0.15, 0.2) is 55.0 Å². The van der Waals surface area contributed by atoms with Gasteiger partial charge in [-0.25, -0.2) is 4.98 Å². The second-order valence-corrected chi connectivity index (χ2v) is 8.09. The molecule has 8 heteroatoms. The van der Waals surface area contributed by atoms with Gasteiger partial charge in [-0.2, -0.15) is 15.0 Å². The Hall–Kier alpha value is -2.93. The standard InChI is InChI=1S/C21H21ClN6O/c22-15-6-8-20(23-12-15)26-17-11-14-5-7-19(17)27(13-14)21(29)16-3-1-2-4-18(16)28-24-9-10-25-28/h1-4,6,8-10,12,14,17,19H,5,7,11,13H2,(H,23,26). The second-order valence-electron chi connectivity index (χ2n) is 7.65. The molecular formula is C21H21ClN6O. The van der Waals surface area contributed by atoms with Gasteiger partial charge in [0.25, 0.3) is 5.91 Å². The van der Waals surface area contributed by atoms with Crippen LogP contribution in [0.3, 0.4) is 0 Å². The molecule has 1 aromatic carbocycles. The lowest BCUT2D eigenvalue weighted by molar-refractivity contribution is 0.0281. The van der Waals surface area contributed by atoms with Crippen molar-refractivity contribution in [2.45, 2.75) is 31.3 Å². The van der Waals surface area contributed by atoms with Crippen molar-refractivity contribution in [2.75, 3.05) is 11.9 Å². The van der Waals surface area contributed by atoms with Gasteiger partial charge in [0, 0.05) is 18.8 Å². The van der Waals surface area contributed by atoms with Crippen molar-refractivity contribution >= 4 is 23.3 Å². The zero-order valence-electron chi connectivity index (χ0n) is 15.8. The number of rotatable bonds is 4. The molecule has 6 rings (SSSR count). The van der Waals surface area contributed by atoms with Crippen molar-refractivity contribution in [1.29, 1.82) is 0 Å². The number of fused-ring (bicyclic) bond motifs is 3. The molecule has 3 aliphatic rings. The van der Waals surface area contributed by atoms with E-state index in [2.05, 4.69) is 20.5 Å². The first-order valence-corrected chi connectivity index (χ1v) is 10.2. The first kappa shape index (κ1) is 18.1. The number of benzene rings is 1. The van der Waals surface area contributed by atoms with Crippen LogP contribution in [0.2, 0.25) is 5.02 Å². The van der Waals surface area contributed by atoms with Crippen molar-refractivity contribution in [3.05, 3.63) is 65.6 Å². The summed E-state index contributed by atoms with van der Waals surface area (Å²) in [4.78, 5) is 21.4. The van der Waals surface area contributed by atoms with E-state index in [-0.39, 0.29) is 18.0 Å². The van der Waals surface area contributed by atoms with Crippen molar-refractivity contribution in [2.24, 2.45) is 5.92 Å². The number of nitrogens with one attached hydrogen (secondary N) is 1. The summed E-state index contributed by atoms with van der Waals surface area (Å²) < 4.78 is 0. The van der Waals surface area contributed by atoms with Crippen LogP contribution in [-0.2, 0) is 0 Å². The molecule has 3 aromatic rings. The fourth-order valence-electron chi connectivity index (χ4n) is 4.56. The van der Waals surface area contributed by atoms with Crippen LogP contribution in [0.25, 0.3) is 5.69 Å². The minimum absolute atomic E-state index is 0.0307. The number of anilines is 1. The van der Waals surface area contributed by atoms with Crippen LogP contribution < -0.4 is 5.32 Å². The molecule has 4 heterocycles. The molecule has 7 nitrogen and oxygen atoms in total. The van der Waals surface area contributed by atoms with E-state index in [1.807, 2.05) is 41.3 Å². The monoisotopic (exact) mass is 408 g/mol. The maximum Gasteiger partial charge on any atom is 0.256 e. The van der Waals surface area contributed by atoms with Crippen LogP contribution in [-0.4, -0.2) is 49.4 Å². The highest BCUT2D eigenvalue weighted by molar-refractivity contribution is 6.30. The number of hydrogen-bond donors (Lipinski definition) is 1. The lowest BCUT2D eigenvalue weighted by atomic mass is 9.76. The molecule has 1 saturated carbocycles. The summed E-state index contributed by atoms with van der Waals surface area (Å²) in [5.41, 5.74) is 1.33. The summed E-state index contributed by atoms with van der Waals surface area (Å²) in [6.07, 6.45) is 8.06. The number of amides is 1. The van der Waals surface area contributed by atoms with Crippen molar-refractivity contribution < 1.29 is 4.79 Å². The van der Waals surface area contributed by atoms with Crippen LogP contribution in [0.4, 0.5) is 5.82 Å². The van der Waals surface area contributed by atoms with Gasteiger partial charge in [0.05, 0.1) is 34.7 Å². The Labute approximate surface area is 173 Å². The van der Waals surface area contributed by atoms with Crippen LogP contribution >= 0.6 is 11.6 Å². The first-order valence-electron chi connectivity index (χ1n) is 9.84. The minimum atomic E-state index is 0.0307. The lowest BCUT2D eigenvalue weighted by Crippen LogP contribution is -2.59. The van der Waals surface area contributed by atoms with E-state index in [4.69, 9.17) is 11.6 Å². The number of carbonyl (C=O) groups is 1. The summed E-state index contributed by atoms with van der Waals surface area (Å²) in [5, 5.41) is 12.5. The fraction of sp³-hybridized carbons (Fsp3) is 0.333. The molecule has 2 saturated heterocycles. The molecule has 3 atom stereocenters. The number of piperidine rings is 2. The quantitative estimate of drug-likeness (QED) is 0.715. The topological polar surface area (TPSA) is 75.9 Å². The van der Waals surface area contributed by atoms with E-state index < -0.39 is 0 Å². The number of para-hydroxylation sites is 1. The van der Waals surface area contributed by atoms with Gasteiger partial charge >= 0.3 is 0 Å². The Balaban J connectivity index is 1.41. The average Bonchev–Trinajstić information content (AvgIpc) is 3.30. The first-order chi connectivity index (χ1) is 14.2. The van der Waals surface area contributed by atoms with Gasteiger partial charge in [0.2, 0.25) is 0 Å². The van der Waals surface area contributed by atoms with E-state index in [0.717, 1.165) is 31.6 Å².